The summed E-state index contributed by atoms with van der Waals surface area (Å²) in [5.74, 6) is -1.31. The number of rotatable bonds is 3. The minimum atomic E-state index is -3.69. The van der Waals surface area contributed by atoms with Crippen LogP contribution in [0.2, 0.25) is 5.02 Å². The van der Waals surface area contributed by atoms with Gasteiger partial charge in [0.2, 0.25) is 0 Å². The van der Waals surface area contributed by atoms with Gasteiger partial charge in [0.1, 0.15) is 0 Å². The zero-order valence-electron chi connectivity index (χ0n) is 7.42. The Kier molecular flexibility index (Phi) is 3.49. The van der Waals surface area contributed by atoms with Crippen molar-refractivity contribution < 1.29 is 18.3 Å². The summed E-state index contributed by atoms with van der Waals surface area (Å²) >= 11 is 5.58. The summed E-state index contributed by atoms with van der Waals surface area (Å²) in [6.45, 7) is 0. The second kappa shape index (κ2) is 4.46. The zero-order valence-corrected chi connectivity index (χ0v) is 8.99. The quantitative estimate of drug-likeness (QED) is 0.825. The minimum absolute atomic E-state index is 0.00407. The third kappa shape index (κ3) is 3.38. The molecule has 4 nitrogen and oxygen atoms in total. The van der Waals surface area contributed by atoms with Crippen molar-refractivity contribution >= 4 is 27.4 Å². The summed E-state index contributed by atoms with van der Waals surface area (Å²) in [6, 6.07) is 5.46. The Labute approximate surface area is 91.7 Å². The summed E-state index contributed by atoms with van der Waals surface area (Å²) in [5.41, 5.74) is 0. The molecule has 0 saturated heterocycles. The van der Waals surface area contributed by atoms with E-state index in [0.717, 1.165) is 0 Å². The number of aliphatic carboxylic acids is 1. The molecule has 0 radical (unpaired) electrons. The van der Waals surface area contributed by atoms with Gasteiger partial charge in [-0.1, -0.05) is 11.6 Å². The van der Waals surface area contributed by atoms with Crippen LogP contribution in [0.4, 0.5) is 0 Å². The molecular formula is C9H7ClO4S. The number of benzene rings is 1. The van der Waals surface area contributed by atoms with Gasteiger partial charge in [0.05, 0.1) is 4.90 Å². The van der Waals surface area contributed by atoms with Crippen LogP contribution in [0.1, 0.15) is 0 Å². The first kappa shape index (κ1) is 11.7. The molecule has 1 rings (SSSR count). The summed E-state index contributed by atoms with van der Waals surface area (Å²) < 4.78 is 22.9. The lowest BCUT2D eigenvalue weighted by Crippen LogP contribution is -1.97. The average molecular weight is 247 g/mol. The molecule has 0 saturated carbocycles. The van der Waals surface area contributed by atoms with Gasteiger partial charge >= 0.3 is 5.97 Å². The minimum Gasteiger partial charge on any atom is -0.478 e. The van der Waals surface area contributed by atoms with Crippen molar-refractivity contribution in [2.45, 2.75) is 4.90 Å². The SMILES string of the molecule is O=C(O)/C=C/S(=O)(=O)c1ccc(Cl)cc1. The first-order chi connectivity index (χ1) is 6.92. The molecule has 0 heterocycles. The zero-order chi connectivity index (χ0) is 11.5. The largest absolute Gasteiger partial charge is 0.478 e. The molecule has 1 aromatic rings. The average Bonchev–Trinajstić information content (AvgIpc) is 2.16. The summed E-state index contributed by atoms with van der Waals surface area (Å²) in [4.78, 5) is 10.2. The fourth-order valence-electron chi connectivity index (χ4n) is 0.851. The van der Waals surface area contributed by atoms with Gasteiger partial charge in [-0.05, 0) is 24.3 Å². The number of hydrogen-bond donors (Lipinski definition) is 1. The molecule has 0 aliphatic rings. The van der Waals surface area contributed by atoms with Crippen LogP contribution in [0.15, 0.2) is 40.6 Å². The van der Waals surface area contributed by atoms with Crippen molar-refractivity contribution in [3.05, 3.63) is 40.8 Å². The first-order valence-corrected chi connectivity index (χ1v) is 5.76. The summed E-state index contributed by atoms with van der Waals surface area (Å²) in [6.07, 6.45) is 0.573. The number of carboxylic acid groups (broad SMARTS) is 1. The molecule has 15 heavy (non-hydrogen) atoms. The molecule has 0 aliphatic heterocycles. The molecule has 0 amide bonds. The highest BCUT2D eigenvalue weighted by Gasteiger charge is 2.10. The van der Waals surface area contributed by atoms with Gasteiger partial charge in [-0.2, -0.15) is 0 Å². The number of hydrogen-bond acceptors (Lipinski definition) is 3. The maximum absolute atomic E-state index is 11.5. The second-order valence-corrected chi connectivity index (χ2v) is 4.91. The first-order valence-electron chi connectivity index (χ1n) is 3.83. The van der Waals surface area contributed by atoms with E-state index in [0.29, 0.717) is 16.5 Å². The van der Waals surface area contributed by atoms with Crippen LogP contribution in [-0.4, -0.2) is 19.5 Å². The molecule has 0 aromatic heterocycles. The maximum atomic E-state index is 11.5. The molecule has 0 fully saturated rings. The van der Waals surface area contributed by atoms with E-state index in [-0.39, 0.29) is 4.90 Å². The topological polar surface area (TPSA) is 71.4 Å². The third-order valence-electron chi connectivity index (χ3n) is 1.53. The molecular weight excluding hydrogens is 240 g/mol. The van der Waals surface area contributed by atoms with Crippen molar-refractivity contribution in [2.75, 3.05) is 0 Å². The molecule has 6 heteroatoms. The highest BCUT2D eigenvalue weighted by molar-refractivity contribution is 7.94. The molecule has 1 aromatic carbocycles. The lowest BCUT2D eigenvalue weighted by Gasteiger charge is -1.97. The molecule has 80 valence electrons. The van der Waals surface area contributed by atoms with Gasteiger partial charge in [0, 0.05) is 16.5 Å². The highest BCUT2D eigenvalue weighted by Crippen LogP contribution is 2.15. The van der Waals surface area contributed by atoms with E-state index in [9.17, 15) is 13.2 Å². The Morgan fingerprint density at radius 3 is 2.27 bits per heavy atom. The van der Waals surface area contributed by atoms with E-state index < -0.39 is 15.8 Å². The lowest BCUT2D eigenvalue weighted by atomic mass is 10.4. The summed E-state index contributed by atoms with van der Waals surface area (Å²) in [7, 11) is -3.69. The van der Waals surface area contributed by atoms with Crippen molar-refractivity contribution in [2.24, 2.45) is 0 Å². The van der Waals surface area contributed by atoms with E-state index >= 15 is 0 Å². The van der Waals surface area contributed by atoms with Crippen LogP contribution in [0, 0.1) is 0 Å². The van der Waals surface area contributed by atoms with E-state index in [1.165, 1.54) is 24.3 Å². The fourth-order valence-corrected chi connectivity index (χ4v) is 1.94. The standard InChI is InChI=1S/C9H7ClO4S/c10-7-1-3-8(4-2-7)15(13,14)6-5-9(11)12/h1-6H,(H,11,12)/b6-5+. The number of carboxylic acids is 1. The normalized spacial score (nSPS) is 11.8. The second-order valence-electron chi connectivity index (χ2n) is 2.64. The third-order valence-corrected chi connectivity index (χ3v) is 3.21. The van der Waals surface area contributed by atoms with Crippen molar-refractivity contribution in [3.63, 3.8) is 0 Å². The molecule has 0 unspecified atom stereocenters. The number of carbonyl (C=O) groups is 1. The van der Waals surface area contributed by atoms with Crippen molar-refractivity contribution in [1.29, 1.82) is 0 Å². The monoisotopic (exact) mass is 246 g/mol. The van der Waals surface area contributed by atoms with Gasteiger partial charge in [-0.15, -0.1) is 0 Å². The van der Waals surface area contributed by atoms with Crippen molar-refractivity contribution in [1.82, 2.24) is 0 Å². The highest BCUT2D eigenvalue weighted by atomic mass is 35.5. The van der Waals surface area contributed by atoms with Crippen LogP contribution < -0.4 is 0 Å². The predicted molar refractivity (Wildman–Crippen MR) is 55.4 cm³/mol. The van der Waals surface area contributed by atoms with E-state index in [1.807, 2.05) is 0 Å². The van der Waals surface area contributed by atoms with Gasteiger partial charge in [-0.25, -0.2) is 13.2 Å². The van der Waals surface area contributed by atoms with Gasteiger partial charge < -0.3 is 5.11 Å². The number of sulfone groups is 1. The van der Waals surface area contributed by atoms with Crippen LogP contribution in [0.5, 0.6) is 0 Å². The van der Waals surface area contributed by atoms with Gasteiger partial charge in [-0.3, -0.25) is 0 Å². The Morgan fingerprint density at radius 2 is 1.80 bits per heavy atom. The van der Waals surface area contributed by atoms with E-state index in [1.54, 1.807) is 0 Å². The van der Waals surface area contributed by atoms with Crippen LogP contribution in [0.3, 0.4) is 0 Å². The van der Waals surface area contributed by atoms with Crippen molar-refractivity contribution in [3.8, 4) is 0 Å². The smallest absolute Gasteiger partial charge is 0.329 e. The van der Waals surface area contributed by atoms with Gasteiger partial charge in [0.25, 0.3) is 0 Å². The predicted octanol–water partition coefficient (Wildman–Crippen LogP) is 1.71. The molecule has 0 bridgehead atoms. The lowest BCUT2D eigenvalue weighted by molar-refractivity contribution is -0.131. The van der Waals surface area contributed by atoms with Crippen LogP contribution in [-0.2, 0) is 14.6 Å². The Morgan fingerprint density at radius 1 is 1.27 bits per heavy atom. The van der Waals surface area contributed by atoms with Crippen LogP contribution in [0.25, 0.3) is 0 Å². The molecule has 0 aliphatic carbocycles. The Bertz CT molecular complexity index is 487. The number of halogens is 1. The van der Waals surface area contributed by atoms with Gasteiger partial charge in [0.15, 0.2) is 9.84 Å². The molecule has 0 spiro atoms. The Balaban J connectivity index is 3.07. The van der Waals surface area contributed by atoms with Crippen LogP contribution >= 0.6 is 11.6 Å². The molecule has 1 N–H and O–H groups in total. The van der Waals surface area contributed by atoms with E-state index in [4.69, 9.17) is 16.7 Å². The Hall–Kier alpha value is -1.33. The van der Waals surface area contributed by atoms with E-state index in [2.05, 4.69) is 0 Å². The maximum Gasteiger partial charge on any atom is 0.329 e. The fraction of sp³-hybridized carbons (Fsp3) is 0. The molecule has 0 atom stereocenters. The summed E-state index contributed by atoms with van der Waals surface area (Å²) in [5, 5.41) is 9.35.